The van der Waals surface area contributed by atoms with Gasteiger partial charge in [-0.05, 0) is 68.4 Å². The molecular weight excluding hydrogens is 462 g/mol. The number of rotatable bonds is 4. The van der Waals surface area contributed by atoms with E-state index < -0.39 is 10.4 Å². The number of hydrogen-bond donors (Lipinski definition) is 3. The van der Waals surface area contributed by atoms with Crippen LogP contribution in [0, 0.1) is 34.5 Å². The zero-order valence-electron chi connectivity index (χ0n) is 21.2. The molecule has 0 aromatic heterocycles. The van der Waals surface area contributed by atoms with Crippen LogP contribution in [0.5, 0.6) is 0 Å². The fourth-order valence-corrected chi connectivity index (χ4v) is 6.63. The molecule has 0 radical (unpaired) electrons. The SMILES string of the molecule is C[C@H]1/C(=C\C(=O)OCCN(C)C)CC[C@H]2[C@H]1C(=O)C[C@H]1C(C)(C)[C@@H](O)CC[C@]21C.O=S(=O)(O)O. The van der Waals surface area contributed by atoms with Crippen LogP contribution in [-0.2, 0) is 24.7 Å². The van der Waals surface area contributed by atoms with Gasteiger partial charge in [0.2, 0.25) is 0 Å². The highest BCUT2D eigenvalue weighted by Crippen LogP contribution is 2.64. The second kappa shape index (κ2) is 10.7. The van der Waals surface area contributed by atoms with E-state index in [0.29, 0.717) is 31.3 Å². The molecular formula is C24H41NO8S. The highest BCUT2D eigenvalue weighted by Gasteiger charge is 2.61. The minimum atomic E-state index is -4.67. The van der Waals surface area contributed by atoms with E-state index in [0.717, 1.165) is 31.3 Å². The van der Waals surface area contributed by atoms with Gasteiger partial charge in [-0.1, -0.05) is 33.3 Å². The second-order valence-electron chi connectivity index (χ2n) is 11.2. The number of carbonyl (C=O) groups excluding carboxylic acids is 2. The van der Waals surface area contributed by atoms with Gasteiger partial charge in [-0.15, -0.1) is 0 Å². The maximum Gasteiger partial charge on any atom is 0.394 e. The molecule has 3 rings (SSSR count). The van der Waals surface area contributed by atoms with Gasteiger partial charge in [0.05, 0.1) is 6.10 Å². The summed E-state index contributed by atoms with van der Waals surface area (Å²) in [7, 11) is -0.770. The van der Waals surface area contributed by atoms with Gasteiger partial charge in [0.25, 0.3) is 0 Å². The number of fused-ring (bicyclic) bond motifs is 3. The Kier molecular flexibility index (Phi) is 9.13. The summed E-state index contributed by atoms with van der Waals surface area (Å²) < 4.78 is 36.9. The van der Waals surface area contributed by atoms with Gasteiger partial charge in [-0.3, -0.25) is 13.9 Å². The van der Waals surface area contributed by atoms with Crippen LogP contribution in [0.4, 0.5) is 0 Å². The molecule has 196 valence electrons. The summed E-state index contributed by atoms with van der Waals surface area (Å²) in [5, 5.41) is 10.6. The third kappa shape index (κ3) is 6.66. The summed E-state index contributed by atoms with van der Waals surface area (Å²) in [6.07, 6.45) is 5.44. The van der Waals surface area contributed by atoms with Crippen molar-refractivity contribution in [2.24, 2.45) is 34.5 Å². The van der Waals surface area contributed by atoms with E-state index in [1.54, 1.807) is 6.08 Å². The van der Waals surface area contributed by atoms with Gasteiger partial charge >= 0.3 is 16.4 Å². The molecule has 34 heavy (non-hydrogen) atoms. The fraction of sp³-hybridized carbons (Fsp3) is 0.833. The Morgan fingerprint density at radius 1 is 1.21 bits per heavy atom. The molecule has 3 aliphatic rings. The summed E-state index contributed by atoms with van der Waals surface area (Å²) in [4.78, 5) is 27.5. The Hall–Kier alpha value is -1.33. The number of ether oxygens (including phenoxy) is 1. The van der Waals surface area contributed by atoms with E-state index in [2.05, 4.69) is 27.7 Å². The summed E-state index contributed by atoms with van der Waals surface area (Å²) in [5.74, 6) is 0.645. The van der Waals surface area contributed by atoms with Crippen molar-refractivity contribution >= 4 is 22.2 Å². The van der Waals surface area contributed by atoms with Crippen LogP contribution in [0.2, 0.25) is 0 Å². The Labute approximate surface area is 203 Å². The van der Waals surface area contributed by atoms with Gasteiger partial charge in [0.15, 0.2) is 0 Å². The van der Waals surface area contributed by atoms with Crippen molar-refractivity contribution in [3.63, 3.8) is 0 Å². The lowest BCUT2D eigenvalue weighted by molar-refractivity contribution is -0.172. The predicted octanol–water partition coefficient (Wildman–Crippen LogP) is 2.80. The number of hydrogen-bond acceptors (Lipinski definition) is 7. The minimum Gasteiger partial charge on any atom is -0.461 e. The lowest BCUT2D eigenvalue weighted by Crippen LogP contribution is -2.60. The average molecular weight is 504 g/mol. The Morgan fingerprint density at radius 2 is 1.79 bits per heavy atom. The van der Waals surface area contributed by atoms with Gasteiger partial charge in [0, 0.05) is 25.0 Å². The quantitative estimate of drug-likeness (QED) is 0.300. The van der Waals surface area contributed by atoms with Crippen molar-refractivity contribution < 1.29 is 37.0 Å². The molecule has 0 unspecified atom stereocenters. The van der Waals surface area contributed by atoms with Crippen LogP contribution < -0.4 is 0 Å². The van der Waals surface area contributed by atoms with Gasteiger partial charge in [0.1, 0.15) is 12.4 Å². The highest BCUT2D eigenvalue weighted by molar-refractivity contribution is 7.79. The van der Waals surface area contributed by atoms with E-state index in [1.807, 2.05) is 19.0 Å². The molecule has 0 saturated heterocycles. The van der Waals surface area contributed by atoms with Crippen LogP contribution >= 0.6 is 0 Å². The Morgan fingerprint density at radius 3 is 2.35 bits per heavy atom. The Bertz CT molecular complexity index is 889. The van der Waals surface area contributed by atoms with Crippen molar-refractivity contribution in [1.82, 2.24) is 4.90 Å². The molecule has 3 N–H and O–H groups in total. The molecule has 6 atom stereocenters. The number of likely N-dealkylation sites (N-methyl/N-ethyl adjacent to an activating group) is 1. The van der Waals surface area contributed by atoms with E-state index in [9.17, 15) is 14.7 Å². The minimum absolute atomic E-state index is 0.0168. The summed E-state index contributed by atoms with van der Waals surface area (Å²) >= 11 is 0. The molecule has 0 aromatic carbocycles. The lowest BCUT2D eigenvalue weighted by Gasteiger charge is -2.62. The van der Waals surface area contributed by atoms with E-state index in [-0.39, 0.29) is 40.7 Å². The first-order valence-electron chi connectivity index (χ1n) is 11.9. The van der Waals surface area contributed by atoms with E-state index in [4.69, 9.17) is 22.3 Å². The maximum atomic E-state index is 13.3. The number of ketones is 1. The Balaban J connectivity index is 0.000000739. The number of aliphatic hydroxyl groups is 1. The third-order valence-corrected chi connectivity index (χ3v) is 8.52. The van der Waals surface area contributed by atoms with Crippen LogP contribution in [0.25, 0.3) is 0 Å². The monoisotopic (exact) mass is 503 g/mol. The topological polar surface area (TPSA) is 141 Å². The molecule has 9 nitrogen and oxygen atoms in total. The molecule has 3 saturated carbocycles. The molecule has 0 aliphatic heterocycles. The standard InChI is InChI=1S/C24H39NO4.H2O4S/c1-15-16(13-21(28)29-12-11-25(5)6)7-8-17-22(15)18(26)14-19-23(2,3)20(27)9-10-24(17,19)4;1-5(2,3)4/h13,15,17,19-20,22,27H,7-12,14H2,1-6H3;(H2,1,2,3,4)/b16-13-;/t15-,17-,19-,20-,22-,24+;/m0./s1. The molecule has 0 bridgehead atoms. The maximum absolute atomic E-state index is 13.3. The van der Waals surface area contributed by atoms with Crippen molar-refractivity contribution in [2.45, 2.75) is 65.9 Å². The lowest BCUT2D eigenvalue weighted by atomic mass is 9.42. The second-order valence-corrected chi connectivity index (χ2v) is 12.1. The van der Waals surface area contributed by atoms with Crippen molar-refractivity contribution in [3.05, 3.63) is 11.6 Å². The molecule has 0 heterocycles. The van der Waals surface area contributed by atoms with Crippen molar-refractivity contribution in [1.29, 1.82) is 0 Å². The smallest absolute Gasteiger partial charge is 0.394 e. The van der Waals surface area contributed by atoms with Gasteiger partial charge in [-0.25, -0.2) is 4.79 Å². The number of nitrogens with zero attached hydrogens (tertiary/aromatic N) is 1. The number of Topliss-reactive ketones (excluding diaryl/α,β-unsaturated/α-hetero) is 1. The zero-order valence-corrected chi connectivity index (χ0v) is 22.0. The summed E-state index contributed by atoms with van der Waals surface area (Å²) in [6.45, 7) is 9.82. The largest absolute Gasteiger partial charge is 0.461 e. The molecule has 0 amide bonds. The number of allylic oxidation sites excluding steroid dienone is 1. The van der Waals surface area contributed by atoms with E-state index >= 15 is 0 Å². The number of carbonyl (C=O) groups is 2. The molecule has 10 heteroatoms. The normalized spacial score (nSPS) is 36.2. The van der Waals surface area contributed by atoms with Crippen LogP contribution in [-0.4, -0.2) is 72.6 Å². The number of aliphatic hydroxyl groups excluding tert-OH is 1. The van der Waals surface area contributed by atoms with Crippen molar-refractivity contribution in [2.75, 3.05) is 27.2 Å². The molecule has 3 aliphatic carbocycles. The van der Waals surface area contributed by atoms with Crippen LogP contribution in [0.3, 0.4) is 0 Å². The fourth-order valence-electron chi connectivity index (χ4n) is 6.63. The summed E-state index contributed by atoms with van der Waals surface area (Å²) in [6, 6.07) is 0. The molecule has 3 fully saturated rings. The molecule has 0 spiro atoms. The zero-order chi connectivity index (χ0) is 26.1. The van der Waals surface area contributed by atoms with Crippen LogP contribution in [0.15, 0.2) is 11.6 Å². The van der Waals surface area contributed by atoms with E-state index in [1.165, 1.54) is 0 Å². The third-order valence-electron chi connectivity index (χ3n) is 8.52. The number of esters is 1. The molecule has 0 aromatic rings. The van der Waals surface area contributed by atoms with Crippen molar-refractivity contribution in [3.8, 4) is 0 Å². The first-order valence-corrected chi connectivity index (χ1v) is 13.3. The first kappa shape index (κ1) is 28.9. The first-order chi connectivity index (χ1) is 15.5. The van der Waals surface area contributed by atoms with Gasteiger partial charge in [-0.2, -0.15) is 8.42 Å². The summed E-state index contributed by atoms with van der Waals surface area (Å²) in [5.41, 5.74) is 0.905. The average Bonchev–Trinajstić information content (AvgIpc) is 2.67. The van der Waals surface area contributed by atoms with Crippen LogP contribution in [0.1, 0.15) is 59.8 Å². The highest BCUT2D eigenvalue weighted by atomic mass is 32.3. The van der Waals surface area contributed by atoms with Gasteiger partial charge < -0.3 is 14.7 Å². The predicted molar refractivity (Wildman–Crippen MR) is 127 cm³/mol.